The van der Waals surface area contributed by atoms with Crippen molar-refractivity contribution in [1.82, 2.24) is 15.1 Å². The lowest BCUT2D eigenvalue weighted by Gasteiger charge is -2.34. The van der Waals surface area contributed by atoms with Crippen LogP contribution in [-0.2, 0) is 32.2 Å². The first-order chi connectivity index (χ1) is 18.7. The summed E-state index contributed by atoms with van der Waals surface area (Å²) >= 11 is 0. The topological polar surface area (TPSA) is 135 Å². The Balaban J connectivity index is 1.61. The molecule has 11 heteroatoms. The van der Waals surface area contributed by atoms with Crippen LogP contribution < -0.4 is 10.1 Å². The van der Waals surface area contributed by atoms with Crippen molar-refractivity contribution in [3.05, 3.63) is 41.5 Å². The van der Waals surface area contributed by atoms with Crippen molar-refractivity contribution in [3.63, 3.8) is 0 Å². The first-order valence-corrected chi connectivity index (χ1v) is 13.6. The summed E-state index contributed by atoms with van der Waals surface area (Å²) in [6.45, 7) is 10.2. The lowest BCUT2D eigenvalue weighted by molar-refractivity contribution is -0.150. The second-order valence-corrected chi connectivity index (χ2v) is 12.5. The van der Waals surface area contributed by atoms with E-state index >= 15 is 0 Å². The van der Waals surface area contributed by atoms with Crippen molar-refractivity contribution >= 4 is 24.1 Å². The molecule has 0 spiro atoms. The average Bonchev–Trinajstić information content (AvgIpc) is 3.49. The Morgan fingerprint density at radius 1 is 1.10 bits per heavy atom. The van der Waals surface area contributed by atoms with Gasteiger partial charge in [-0.05, 0) is 23.5 Å². The number of nitrogens with zero attached hydrogens (tertiary/aromatic N) is 2. The summed E-state index contributed by atoms with van der Waals surface area (Å²) in [6.07, 6.45) is 2.27. The second kappa shape index (κ2) is 11.4. The van der Waals surface area contributed by atoms with Crippen molar-refractivity contribution < 1.29 is 38.5 Å². The van der Waals surface area contributed by atoms with E-state index in [4.69, 9.17) is 14.2 Å². The van der Waals surface area contributed by atoms with Gasteiger partial charge in [0.05, 0.1) is 19.7 Å². The number of allylic oxidation sites excluding steroid dienone is 1. The number of aliphatic carboxylic acids is 1. The van der Waals surface area contributed by atoms with Crippen molar-refractivity contribution in [1.29, 1.82) is 0 Å². The zero-order chi connectivity index (χ0) is 29.2. The molecule has 4 bridgehead atoms. The number of alkyl carbamates (subject to hydrolysis) is 1. The third kappa shape index (κ3) is 6.68. The summed E-state index contributed by atoms with van der Waals surface area (Å²) in [5.41, 5.74) is 0.725. The first kappa shape index (κ1) is 29.2. The molecule has 0 aromatic heterocycles. The highest BCUT2D eigenvalue weighted by molar-refractivity contribution is 5.90. The number of carbonyl (C=O) groups is 4. The number of carboxylic acid groups (broad SMARTS) is 1. The molecule has 1 fully saturated rings. The minimum Gasteiger partial charge on any atom is -0.489 e. The molecular weight excluding hydrogens is 518 g/mol. The Kier molecular flexibility index (Phi) is 8.32. The predicted molar refractivity (Wildman–Crippen MR) is 144 cm³/mol. The van der Waals surface area contributed by atoms with Crippen LogP contribution in [-0.4, -0.2) is 76.9 Å². The lowest BCUT2D eigenvalue weighted by atomic mass is 9.85. The molecule has 3 aliphatic heterocycles. The molecule has 1 saturated heterocycles. The molecule has 0 saturated carbocycles. The Bertz CT molecular complexity index is 1190. The number of carboxylic acids is 1. The van der Waals surface area contributed by atoms with Crippen LogP contribution in [0.25, 0.3) is 0 Å². The molecule has 1 aromatic carbocycles. The van der Waals surface area contributed by atoms with E-state index in [2.05, 4.69) is 5.32 Å². The van der Waals surface area contributed by atoms with Crippen LogP contribution in [0.15, 0.2) is 30.4 Å². The summed E-state index contributed by atoms with van der Waals surface area (Å²) in [7, 11) is 0. The summed E-state index contributed by atoms with van der Waals surface area (Å²) in [5, 5.41) is 12.5. The molecule has 3 aliphatic rings. The van der Waals surface area contributed by atoms with Gasteiger partial charge in [-0.15, -0.1) is 0 Å². The van der Waals surface area contributed by atoms with Gasteiger partial charge in [0, 0.05) is 23.9 Å². The average molecular weight is 558 g/mol. The van der Waals surface area contributed by atoms with E-state index in [1.807, 2.05) is 44.2 Å². The third-order valence-corrected chi connectivity index (χ3v) is 7.44. The minimum atomic E-state index is -1.21. The number of cyclic esters (lactones) is 1. The number of carbonyl (C=O) groups excluding carboxylic acids is 3. The Morgan fingerprint density at radius 2 is 1.85 bits per heavy atom. The summed E-state index contributed by atoms with van der Waals surface area (Å²) in [6, 6.07) is 3.41. The molecule has 40 heavy (non-hydrogen) atoms. The lowest BCUT2D eigenvalue weighted by Crippen LogP contribution is -2.57. The van der Waals surface area contributed by atoms with E-state index in [9.17, 15) is 24.3 Å². The van der Waals surface area contributed by atoms with Gasteiger partial charge in [-0.3, -0.25) is 9.69 Å². The Morgan fingerprint density at radius 3 is 2.55 bits per heavy atom. The summed E-state index contributed by atoms with van der Waals surface area (Å²) in [4.78, 5) is 54.4. The quantitative estimate of drug-likeness (QED) is 0.499. The maximum Gasteiger partial charge on any atom is 0.410 e. The van der Waals surface area contributed by atoms with E-state index in [1.165, 1.54) is 9.80 Å². The fourth-order valence-electron chi connectivity index (χ4n) is 5.14. The fourth-order valence-corrected chi connectivity index (χ4v) is 5.14. The number of rotatable bonds is 1. The van der Waals surface area contributed by atoms with Gasteiger partial charge >= 0.3 is 18.2 Å². The van der Waals surface area contributed by atoms with Crippen LogP contribution in [0.1, 0.15) is 58.6 Å². The van der Waals surface area contributed by atoms with E-state index < -0.39 is 47.7 Å². The van der Waals surface area contributed by atoms with E-state index in [-0.39, 0.29) is 25.0 Å². The van der Waals surface area contributed by atoms with Crippen LogP contribution in [0.3, 0.4) is 0 Å². The normalized spacial score (nSPS) is 25.8. The highest BCUT2D eigenvalue weighted by Gasteiger charge is 2.46. The van der Waals surface area contributed by atoms with Gasteiger partial charge < -0.3 is 29.5 Å². The SMILES string of the molecule is CC1(C)CC=CCOc2cccc3c2CN(C3)C(=O)O[C@@H]2CC(C(=O)O)N(C2)C(=O)[C@H](C(C)(C)C)NC(=O)OC1. The number of fused-ring (bicyclic) bond motifs is 3. The van der Waals surface area contributed by atoms with Crippen molar-refractivity contribution in [3.8, 4) is 5.75 Å². The molecular formula is C29H39N3O8. The zero-order valence-electron chi connectivity index (χ0n) is 23.8. The van der Waals surface area contributed by atoms with Crippen molar-refractivity contribution in [2.24, 2.45) is 10.8 Å². The molecule has 11 nitrogen and oxygen atoms in total. The number of benzene rings is 1. The number of ether oxygens (including phenoxy) is 3. The summed E-state index contributed by atoms with van der Waals surface area (Å²) in [5.74, 6) is -1.10. The smallest absolute Gasteiger partial charge is 0.410 e. The molecule has 3 amide bonds. The zero-order valence-corrected chi connectivity index (χ0v) is 23.8. The van der Waals surface area contributed by atoms with Crippen LogP contribution >= 0.6 is 0 Å². The minimum absolute atomic E-state index is 0.0518. The van der Waals surface area contributed by atoms with Crippen LogP contribution in [0.4, 0.5) is 9.59 Å². The molecule has 2 N–H and O–H groups in total. The van der Waals surface area contributed by atoms with Crippen molar-refractivity contribution in [2.45, 2.75) is 78.7 Å². The maximum atomic E-state index is 13.7. The standard InChI is InChI=1S/C29H39N3O8/c1-28(2,3)23-24(33)32-15-19(13-21(32)25(34)35)40-27(37)31-14-18-9-8-10-22(20(18)16-31)38-12-7-6-11-29(4,5)17-39-26(36)30-23/h6-10,19,21,23H,11-17H2,1-5H3,(H,30,36)(H,34,35)/t19-,21?,23-/m1/s1. The molecule has 1 aromatic rings. The van der Waals surface area contributed by atoms with Gasteiger partial charge in [0.15, 0.2) is 0 Å². The van der Waals surface area contributed by atoms with E-state index in [1.54, 1.807) is 20.8 Å². The van der Waals surface area contributed by atoms with Crippen LogP contribution in [0.5, 0.6) is 5.75 Å². The molecule has 4 rings (SSSR count). The fraction of sp³-hybridized carbons (Fsp3) is 0.586. The molecule has 3 heterocycles. The molecule has 3 atom stereocenters. The Hall–Kier alpha value is -3.76. The van der Waals surface area contributed by atoms with Crippen LogP contribution in [0.2, 0.25) is 0 Å². The molecule has 1 unspecified atom stereocenters. The highest BCUT2D eigenvalue weighted by Crippen LogP contribution is 2.33. The third-order valence-electron chi connectivity index (χ3n) is 7.44. The number of amides is 3. The highest BCUT2D eigenvalue weighted by atomic mass is 16.6. The maximum absolute atomic E-state index is 13.7. The molecule has 0 aliphatic carbocycles. The van der Waals surface area contributed by atoms with E-state index in [0.29, 0.717) is 31.9 Å². The van der Waals surface area contributed by atoms with Crippen LogP contribution in [0, 0.1) is 10.8 Å². The Labute approximate surface area is 234 Å². The van der Waals surface area contributed by atoms with Gasteiger partial charge in [-0.1, -0.05) is 58.9 Å². The first-order valence-electron chi connectivity index (χ1n) is 13.6. The molecule has 218 valence electrons. The largest absolute Gasteiger partial charge is 0.489 e. The van der Waals surface area contributed by atoms with E-state index in [0.717, 1.165) is 11.1 Å². The summed E-state index contributed by atoms with van der Waals surface area (Å²) < 4.78 is 17.2. The monoisotopic (exact) mass is 557 g/mol. The predicted octanol–water partition coefficient (Wildman–Crippen LogP) is 3.70. The van der Waals surface area contributed by atoms with Gasteiger partial charge in [0.25, 0.3) is 0 Å². The van der Waals surface area contributed by atoms with Gasteiger partial charge in [0.2, 0.25) is 5.91 Å². The van der Waals surface area contributed by atoms with Gasteiger partial charge in [-0.2, -0.15) is 0 Å². The number of hydrogen-bond acceptors (Lipinski definition) is 7. The van der Waals surface area contributed by atoms with Gasteiger partial charge in [0.1, 0.15) is 30.5 Å². The van der Waals surface area contributed by atoms with Gasteiger partial charge in [-0.25, -0.2) is 14.4 Å². The second-order valence-electron chi connectivity index (χ2n) is 12.5. The van der Waals surface area contributed by atoms with Crippen molar-refractivity contribution in [2.75, 3.05) is 19.8 Å². The number of hydrogen-bond donors (Lipinski definition) is 2. The number of nitrogens with one attached hydrogen (secondary N) is 1. The molecule has 0 radical (unpaired) electrons.